The maximum absolute atomic E-state index is 6.81. The SMILES string of the molecule is c1ccc(-c2cc(-c3cc(-c4ccc(-c5cc(N6c7ccccc7Oc7ccccc76)c(N6c7ccccc7Oc7ccccc76)c(N6c7ccccc7Oc7ccccc76)c5)cc4)cc(-c4cc(-c5ccccc5)nc(-c5ccccc5)c4)n3)cc(-c3ccccc3)n2)cc1. The Morgan fingerprint density at radius 2 is 0.385 bits per heavy atom. The van der Waals surface area contributed by atoms with Crippen molar-refractivity contribution in [3.05, 3.63) is 340 Å². The number of aromatic nitrogens is 3. The average molecular weight is 1230 g/mol. The van der Waals surface area contributed by atoms with Crippen LogP contribution < -0.4 is 28.9 Å². The third-order valence-corrected chi connectivity index (χ3v) is 18.0. The third-order valence-electron chi connectivity index (χ3n) is 18.0. The van der Waals surface area contributed by atoms with Crippen molar-refractivity contribution >= 4 is 51.2 Å². The number of fused-ring (bicyclic) bond motifs is 6. The van der Waals surface area contributed by atoms with E-state index in [0.717, 1.165) is 175 Å². The van der Waals surface area contributed by atoms with Gasteiger partial charge < -0.3 is 24.0 Å². The Kier molecular flexibility index (Phi) is 13.7. The van der Waals surface area contributed by atoms with E-state index in [0.29, 0.717) is 0 Å². The summed E-state index contributed by atoms with van der Waals surface area (Å²) in [6.07, 6.45) is 0. The molecule has 96 heavy (non-hydrogen) atoms. The summed E-state index contributed by atoms with van der Waals surface area (Å²) in [4.78, 5) is 23.3. The third kappa shape index (κ3) is 10.0. The van der Waals surface area contributed by atoms with Crippen molar-refractivity contribution in [3.63, 3.8) is 0 Å². The predicted molar refractivity (Wildman–Crippen MR) is 388 cm³/mol. The molecule has 0 saturated heterocycles. The minimum Gasteiger partial charge on any atom is -0.453 e. The van der Waals surface area contributed by atoms with Gasteiger partial charge in [-0.2, -0.15) is 0 Å². The molecule has 12 aromatic carbocycles. The number of anilines is 9. The first-order valence-corrected chi connectivity index (χ1v) is 32.1. The summed E-state index contributed by atoms with van der Waals surface area (Å²) in [5, 5.41) is 0. The predicted octanol–water partition coefficient (Wildman–Crippen LogP) is 23.9. The number of pyridine rings is 3. The zero-order chi connectivity index (χ0) is 63.5. The molecule has 6 heterocycles. The zero-order valence-corrected chi connectivity index (χ0v) is 51.7. The Labute approximate surface area is 555 Å². The maximum atomic E-state index is 6.81. The lowest BCUT2D eigenvalue weighted by molar-refractivity contribution is 0.475. The fourth-order valence-corrected chi connectivity index (χ4v) is 13.4. The van der Waals surface area contributed by atoms with Crippen LogP contribution >= 0.6 is 0 Å². The minimum atomic E-state index is 0.732. The van der Waals surface area contributed by atoms with Crippen molar-refractivity contribution < 1.29 is 14.2 Å². The van der Waals surface area contributed by atoms with E-state index in [2.05, 4.69) is 257 Å². The molecule has 0 N–H and O–H groups in total. The highest BCUT2D eigenvalue weighted by Gasteiger charge is 2.38. The summed E-state index contributed by atoms with van der Waals surface area (Å²) in [7, 11) is 0. The van der Waals surface area contributed by atoms with E-state index < -0.39 is 0 Å². The van der Waals surface area contributed by atoms with Crippen molar-refractivity contribution in [2.24, 2.45) is 0 Å². The van der Waals surface area contributed by atoms with Crippen LogP contribution in [0.5, 0.6) is 34.5 Å². The quantitative estimate of drug-likeness (QED) is 0.126. The molecule has 18 rings (SSSR count). The number of benzene rings is 12. The summed E-state index contributed by atoms with van der Waals surface area (Å²) < 4.78 is 20.4. The molecule has 0 aliphatic carbocycles. The lowest BCUT2D eigenvalue weighted by Crippen LogP contribution is -2.25. The molecular formula is C87H56N6O3. The number of nitrogens with zero attached hydrogens (tertiary/aromatic N) is 6. The van der Waals surface area contributed by atoms with Crippen LogP contribution in [0.15, 0.2) is 340 Å². The molecule has 0 amide bonds. The van der Waals surface area contributed by atoms with Gasteiger partial charge in [0.2, 0.25) is 0 Å². The molecule has 3 aliphatic heterocycles. The number of hydrogen-bond acceptors (Lipinski definition) is 9. The first kappa shape index (κ1) is 55.7. The second-order valence-corrected chi connectivity index (χ2v) is 23.9. The van der Waals surface area contributed by atoms with Gasteiger partial charge in [0, 0.05) is 33.4 Å². The average Bonchev–Trinajstić information content (AvgIpc) is 0.716. The zero-order valence-electron chi connectivity index (χ0n) is 51.7. The maximum Gasteiger partial charge on any atom is 0.151 e. The molecule has 0 fully saturated rings. The van der Waals surface area contributed by atoms with E-state index in [1.807, 2.05) is 97.1 Å². The van der Waals surface area contributed by atoms with Crippen molar-refractivity contribution in [2.75, 3.05) is 14.7 Å². The molecule has 0 saturated carbocycles. The number of para-hydroxylation sites is 12. The van der Waals surface area contributed by atoms with Gasteiger partial charge >= 0.3 is 0 Å². The fourth-order valence-electron chi connectivity index (χ4n) is 13.4. The number of hydrogen-bond donors (Lipinski definition) is 0. The van der Waals surface area contributed by atoms with Gasteiger partial charge in [-0.1, -0.05) is 218 Å². The van der Waals surface area contributed by atoms with Gasteiger partial charge in [-0.25, -0.2) is 15.0 Å². The second-order valence-electron chi connectivity index (χ2n) is 23.9. The molecule has 0 radical (unpaired) electrons. The van der Waals surface area contributed by atoms with Crippen molar-refractivity contribution in [2.45, 2.75) is 0 Å². The molecule has 0 unspecified atom stereocenters. The topological polar surface area (TPSA) is 76.1 Å². The van der Waals surface area contributed by atoms with Gasteiger partial charge in [0.1, 0.15) is 0 Å². The molecule has 3 aliphatic rings. The minimum absolute atomic E-state index is 0.732. The molecule has 9 nitrogen and oxygen atoms in total. The van der Waals surface area contributed by atoms with E-state index in [-0.39, 0.29) is 0 Å². The largest absolute Gasteiger partial charge is 0.453 e. The van der Waals surface area contributed by atoms with Crippen LogP contribution in [-0.2, 0) is 0 Å². The van der Waals surface area contributed by atoms with Crippen LogP contribution in [0, 0.1) is 0 Å². The molecule has 9 heteroatoms. The van der Waals surface area contributed by atoms with Crippen LogP contribution in [0.4, 0.5) is 51.2 Å². The Balaban J connectivity index is 0.877. The first-order valence-electron chi connectivity index (χ1n) is 32.1. The van der Waals surface area contributed by atoms with Crippen molar-refractivity contribution in [1.29, 1.82) is 0 Å². The normalized spacial score (nSPS) is 12.4. The monoisotopic (exact) mass is 1230 g/mol. The van der Waals surface area contributed by atoms with Gasteiger partial charge in [-0.05, 0) is 144 Å². The smallest absolute Gasteiger partial charge is 0.151 e. The van der Waals surface area contributed by atoms with Crippen LogP contribution in [-0.4, -0.2) is 15.0 Å². The fraction of sp³-hybridized carbons (Fsp3) is 0. The summed E-state index contributed by atoms with van der Waals surface area (Å²) in [5.74, 6) is 4.40. The van der Waals surface area contributed by atoms with Gasteiger partial charge in [-0.15, -0.1) is 0 Å². The molecule has 0 atom stereocenters. The summed E-state index contributed by atoms with van der Waals surface area (Å²) >= 11 is 0. The molecule has 3 aromatic heterocycles. The molecular weight excluding hydrogens is 1180 g/mol. The number of rotatable bonds is 11. The van der Waals surface area contributed by atoms with Crippen LogP contribution in [0.2, 0.25) is 0 Å². The Hall–Kier alpha value is -13.1. The Morgan fingerprint density at radius 1 is 0.167 bits per heavy atom. The highest BCUT2D eigenvalue weighted by molar-refractivity contribution is 6.07. The Bertz CT molecular complexity index is 4960. The number of ether oxygens (including phenoxy) is 3. The van der Waals surface area contributed by atoms with E-state index in [4.69, 9.17) is 29.2 Å². The summed E-state index contributed by atoms with van der Waals surface area (Å²) in [6, 6.07) is 118. The molecule has 0 bridgehead atoms. The van der Waals surface area contributed by atoms with Crippen LogP contribution in [0.1, 0.15) is 0 Å². The van der Waals surface area contributed by atoms with Crippen LogP contribution in [0.3, 0.4) is 0 Å². The highest BCUT2D eigenvalue weighted by Crippen LogP contribution is 2.63. The molecule has 0 spiro atoms. The molecule has 15 aromatic rings. The van der Waals surface area contributed by atoms with E-state index >= 15 is 0 Å². The standard InChI is InChI=1S/C87H56N6O3/c1-5-25-59(26-6-1)67-51-65(52-68(88-67)60-27-7-2-8-28-60)71-49-63(50-72(90-71)66-53-69(61-29-9-3-10-30-61)89-70(54-66)62-31-11-4-12-32-62)57-45-47-58(48-46-57)64-55-79(91-73-33-13-19-39-81(73)94-82-40-20-14-34-74(82)91)87(93-77-37-17-23-43-85(77)96-86-44-24-18-38-78(86)93)80(56-64)92-75-35-15-21-41-83(75)95-84-42-22-16-36-76(84)92/h1-56H. The van der Waals surface area contributed by atoms with Gasteiger partial charge in [0.15, 0.2) is 34.5 Å². The first-order chi connectivity index (χ1) is 47.6. The summed E-state index contributed by atoms with van der Waals surface area (Å²) in [6.45, 7) is 0. The van der Waals surface area contributed by atoms with E-state index in [9.17, 15) is 0 Å². The van der Waals surface area contributed by atoms with Gasteiger partial charge in [-0.3, -0.25) is 4.90 Å². The van der Waals surface area contributed by atoms with E-state index in [1.54, 1.807) is 0 Å². The van der Waals surface area contributed by atoms with Gasteiger partial charge in [0.25, 0.3) is 0 Å². The molecule has 452 valence electrons. The van der Waals surface area contributed by atoms with Gasteiger partial charge in [0.05, 0.1) is 85.4 Å². The van der Waals surface area contributed by atoms with Crippen LogP contribution in [0.25, 0.3) is 89.8 Å². The summed E-state index contributed by atoms with van der Waals surface area (Å²) in [5.41, 5.74) is 22.9. The van der Waals surface area contributed by atoms with E-state index in [1.165, 1.54) is 0 Å². The van der Waals surface area contributed by atoms with Crippen molar-refractivity contribution in [3.8, 4) is 124 Å². The lowest BCUT2D eigenvalue weighted by atomic mass is 9.94. The highest BCUT2D eigenvalue weighted by atomic mass is 16.5. The Morgan fingerprint density at radius 3 is 0.667 bits per heavy atom. The lowest BCUT2D eigenvalue weighted by Gasteiger charge is -2.42. The van der Waals surface area contributed by atoms with Crippen molar-refractivity contribution in [1.82, 2.24) is 15.0 Å². The second kappa shape index (κ2) is 23.5.